The number of rotatable bonds is 6. The number of carbonyl (C=O) groups excluding carboxylic acids is 2. The van der Waals surface area contributed by atoms with Gasteiger partial charge in [0.05, 0.1) is 17.5 Å². The minimum Gasteiger partial charge on any atom is -0.483 e. The Balaban J connectivity index is 2.51. The molecule has 0 aliphatic rings. The largest absolute Gasteiger partial charge is 0.483 e. The summed E-state index contributed by atoms with van der Waals surface area (Å²) in [6.07, 6.45) is 0. The third-order valence-electron chi connectivity index (χ3n) is 2.82. The Morgan fingerprint density at radius 1 is 1.43 bits per heavy atom. The molecule has 0 N–H and O–H groups in total. The summed E-state index contributed by atoms with van der Waals surface area (Å²) in [6.45, 7) is 1.85. The fraction of sp³-hybridized carbons (Fsp3) is 0.429. The smallest absolute Gasteiger partial charge is 0.310 e. The first-order valence-electron chi connectivity index (χ1n) is 6.24. The fourth-order valence-electron chi connectivity index (χ4n) is 1.63. The maximum Gasteiger partial charge on any atom is 0.310 e. The molecule has 5 nitrogen and oxygen atoms in total. The summed E-state index contributed by atoms with van der Waals surface area (Å²) in [5.74, 6) is -0.433. The zero-order chi connectivity index (χ0) is 16.0. The van der Waals surface area contributed by atoms with Crippen molar-refractivity contribution in [3.63, 3.8) is 0 Å². The predicted octanol–water partition coefficient (Wildman–Crippen LogP) is 2.75. The summed E-state index contributed by atoms with van der Waals surface area (Å²) >= 11 is 9.13. The summed E-state index contributed by atoms with van der Waals surface area (Å²) in [5, 5.41) is 0.574. The maximum atomic E-state index is 11.9. The van der Waals surface area contributed by atoms with Gasteiger partial charge in [-0.3, -0.25) is 9.59 Å². The fourth-order valence-corrected chi connectivity index (χ4v) is 2.43. The number of halogens is 2. The van der Waals surface area contributed by atoms with Gasteiger partial charge in [0, 0.05) is 18.6 Å². The second kappa shape index (κ2) is 8.24. The highest BCUT2D eigenvalue weighted by Gasteiger charge is 2.19. The Labute approximate surface area is 137 Å². The molecule has 1 unspecified atom stereocenters. The van der Waals surface area contributed by atoms with Crippen molar-refractivity contribution in [1.29, 1.82) is 0 Å². The van der Waals surface area contributed by atoms with E-state index in [1.807, 2.05) is 0 Å². The second-order valence-electron chi connectivity index (χ2n) is 4.56. The van der Waals surface area contributed by atoms with Gasteiger partial charge in [0.1, 0.15) is 5.75 Å². The van der Waals surface area contributed by atoms with Crippen LogP contribution in [0.1, 0.15) is 6.92 Å². The van der Waals surface area contributed by atoms with Crippen LogP contribution in [-0.2, 0) is 14.3 Å². The first kappa shape index (κ1) is 17.8. The molecular formula is C14H17BrClNO4. The Hall–Kier alpha value is -1.27. The van der Waals surface area contributed by atoms with Crippen LogP contribution < -0.4 is 4.74 Å². The molecule has 0 radical (unpaired) electrons. The third kappa shape index (κ3) is 5.55. The van der Waals surface area contributed by atoms with Crippen LogP contribution in [0.3, 0.4) is 0 Å². The van der Waals surface area contributed by atoms with Gasteiger partial charge in [0.15, 0.2) is 6.61 Å². The van der Waals surface area contributed by atoms with E-state index in [2.05, 4.69) is 20.7 Å². The molecule has 0 aromatic heterocycles. The van der Waals surface area contributed by atoms with E-state index < -0.39 is 0 Å². The number of carbonyl (C=O) groups is 2. The summed E-state index contributed by atoms with van der Waals surface area (Å²) in [5.41, 5.74) is 0. The predicted molar refractivity (Wildman–Crippen MR) is 83.5 cm³/mol. The molecule has 0 fully saturated rings. The number of methoxy groups -OCH3 is 1. The van der Waals surface area contributed by atoms with Crippen molar-refractivity contribution in [2.75, 3.05) is 27.3 Å². The first-order valence-corrected chi connectivity index (χ1v) is 7.42. The van der Waals surface area contributed by atoms with Crippen molar-refractivity contribution in [3.05, 3.63) is 27.7 Å². The number of nitrogens with zero attached hydrogens (tertiary/aromatic N) is 1. The van der Waals surface area contributed by atoms with E-state index in [1.54, 1.807) is 32.2 Å². The van der Waals surface area contributed by atoms with Crippen molar-refractivity contribution in [1.82, 2.24) is 4.90 Å². The van der Waals surface area contributed by atoms with E-state index in [1.165, 1.54) is 12.0 Å². The molecule has 0 saturated heterocycles. The molecule has 1 rings (SSSR count). The maximum absolute atomic E-state index is 11.9. The van der Waals surface area contributed by atoms with Gasteiger partial charge in [0.25, 0.3) is 5.91 Å². The Morgan fingerprint density at radius 3 is 2.67 bits per heavy atom. The minimum atomic E-state index is -0.383. The van der Waals surface area contributed by atoms with Crippen LogP contribution in [0.15, 0.2) is 22.7 Å². The Kier molecular flexibility index (Phi) is 6.98. The molecule has 1 aromatic rings. The molecule has 1 amide bonds. The van der Waals surface area contributed by atoms with E-state index in [9.17, 15) is 9.59 Å². The standard InChI is InChI=1S/C14H17BrClNO4/c1-9(14(19)20-3)7-17(2)13(18)8-21-12-5-4-10(16)6-11(12)15/h4-6,9H,7-8H2,1-3H3. The lowest BCUT2D eigenvalue weighted by atomic mass is 10.2. The number of hydrogen-bond donors (Lipinski definition) is 0. The van der Waals surface area contributed by atoms with Gasteiger partial charge in [-0.2, -0.15) is 0 Å². The van der Waals surface area contributed by atoms with Crippen molar-refractivity contribution >= 4 is 39.4 Å². The van der Waals surface area contributed by atoms with Crippen LogP contribution in [0, 0.1) is 5.92 Å². The van der Waals surface area contributed by atoms with Crippen LogP contribution in [0.25, 0.3) is 0 Å². The molecular weight excluding hydrogens is 362 g/mol. The summed E-state index contributed by atoms with van der Waals surface area (Å²) in [4.78, 5) is 24.7. The number of amides is 1. The molecule has 0 spiro atoms. The Morgan fingerprint density at radius 2 is 2.10 bits per heavy atom. The van der Waals surface area contributed by atoms with E-state index in [-0.39, 0.29) is 30.9 Å². The van der Waals surface area contributed by atoms with E-state index >= 15 is 0 Å². The number of ether oxygens (including phenoxy) is 2. The van der Waals surface area contributed by atoms with Crippen LogP contribution in [0.4, 0.5) is 0 Å². The number of hydrogen-bond acceptors (Lipinski definition) is 4. The SMILES string of the molecule is COC(=O)C(C)CN(C)C(=O)COc1ccc(Cl)cc1Br. The quantitative estimate of drug-likeness (QED) is 0.714. The van der Waals surface area contributed by atoms with E-state index in [4.69, 9.17) is 16.3 Å². The van der Waals surface area contributed by atoms with E-state index in [0.717, 1.165) is 0 Å². The Bertz CT molecular complexity index is 524. The molecule has 1 aromatic carbocycles. The topological polar surface area (TPSA) is 55.8 Å². The van der Waals surface area contributed by atoms with Gasteiger partial charge in [-0.15, -0.1) is 0 Å². The van der Waals surface area contributed by atoms with Crippen LogP contribution in [0.5, 0.6) is 5.75 Å². The zero-order valence-corrected chi connectivity index (χ0v) is 14.4. The first-order chi connectivity index (χ1) is 9.85. The average Bonchev–Trinajstić information content (AvgIpc) is 2.44. The van der Waals surface area contributed by atoms with Crippen molar-refractivity contribution in [2.45, 2.75) is 6.92 Å². The molecule has 0 saturated carbocycles. The molecule has 0 heterocycles. The van der Waals surface area contributed by atoms with Crippen LogP contribution in [0.2, 0.25) is 5.02 Å². The summed E-state index contributed by atoms with van der Waals surface area (Å²) in [7, 11) is 2.93. The van der Waals surface area contributed by atoms with Gasteiger partial charge in [0.2, 0.25) is 0 Å². The normalized spacial score (nSPS) is 11.7. The molecule has 0 bridgehead atoms. The molecule has 0 aliphatic carbocycles. The molecule has 21 heavy (non-hydrogen) atoms. The monoisotopic (exact) mass is 377 g/mol. The van der Waals surface area contributed by atoms with Crippen molar-refractivity contribution in [3.8, 4) is 5.75 Å². The summed E-state index contributed by atoms with van der Waals surface area (Å²) in [6, 6.07) is 5.04. The zero-order valence-electron chi connectivity index (χ0n) is 12.1. The van der Waals surface area contributed by atoms with Gasteiger partial charge in [-0.25, -0.2) is 0 Å². The minimum absolute atomic E-state index is 0.120. The van der Waals surface area contributed by atoms with Crippen molar-refractivity contribution in [2.24, 2.45) is 5.92 Å². The van der Waals surface area contributed by atoms with Gasteiger partial charge in [-0.05, 0) is 34.1 Å². The number of esters is 1. The molecule has 0 aliphatic heterocycles. The third-order valence-corrected chi connectivity index (χ3v) is 3.68. The molecule has 7 heteroatoms. The number of benzene rings is 1. The number of likely N-dealkylation sites (N-methyl/N-ethyl adjacent to an activating group) is 1. The molecule has 116 valence electrons. The lowest BCUT2D eigenvalue weighted by Crippen LogP contribution is -2.37. The van der Waals surface area contributed by atoms with Gasteiger partial charge >= 0.3 is 5.97 Å². The molecule has 1 atom stereocenters. The average molecular weight is 379 g/mol. The highest BCUT2D eigenvalue weighted by atomic mass is 79.9. The second-order valence-corrected chi connectivity index (χ2v) is 5.85. The lowest BCUT2D eigenvalue weighted by molar-refractivity contribution is -0.146. The highest BCUT2D eigenvalue weighted by Crippen LogP contribution is 2.27. The van der Waals surface area contributed by atoms with Gasteiger partial charge in [-0.1, -0.05) is 18.5 Å². The van der Waals surface area contributed by atoms with Crippen molar-refractivity contribution < 1.29 is 19.1 Å². The lowest BCUT2D eigenvalue weighted by Gasteiger charge is -2.20. The van der Waals surface area contributed by atoms with Crippen LogP contribution in [-0.4, -0.2) is 44.1 Å². The highest BCUT2D eigenvalue weighted by molar-refractivity contribution is 9.10. The summed E-state index contributed by atoms with van der Waals surface area (Å²) < 4.78 is 10.7. The van der Waals surface area contributed by atoms with Crippen LogP contribution >= 0.6 is 27.5 Å². The van der Waals surface area contributed by atoms with E-state index in [0.29, 0.717) is 15.2 Å². The van der Waals surface area contributed by atoms with Gasteiger partial charge < -0.3 is 14.4 Å².